The molecule has 1 aliphatic rings. The summed E-state index contributed by atoms with van der Waals surface area (Å²) in [5.74, 6) is 0.382. The van der Waals surface area contributed by atoms with E-state index in [9.17, 15) is 5.11 Å². The van der Waals surface area contributed by atoms with Gasteiger partial charge < -0.3 is 10.4 Å². The molecule has 0 aliphatic heterocycles. The Morgan fingerprint density at radius 1 is 1.20 bits per heavy atom. The fourth-order valence-electron chi connectivity index (χ4n) is 3.06. The van der Waals surface area contributed by atoms with Gasteiger partial charge in [0, 0.05) is 18.2 Å². The standard InChI is InChI=1S/C18H21NO/c1-13-9-10-18(20)15(11-13)12-19-17-8-4-6-14-5-2-3-7-16(14)17/h2-3,5,7,9-11,17,19-20H,4,6,8,12H2,1H3. The Kier molecular flexibility index (Phi) is 3.75. The van der Waals surface area contributed by atoms with Gasteiger partial charge in [-0.1, -0.05) is 42.0 Å². The molecule has 20 heavy (non-hydrogen) atoms. The molecule has 2 aromatic carbocycles. The van der Waals surface area contributed by atoms with E-state index in [0.717, 1.165) is 5.56 Å². The van der Waals surface area contributed by atoms with Crippen molar-refractivity contribution in [1.82, 2.24) is 5.32 Å². The number of benzene rings is 2. The van der Waals surface area contributed by atoms with Crippen molar-refractivity contribution in [3.63, 3.8) is 0 Å². The van der Waals surface area contributed by atoms with Crippen molar-refractivity contribution >= 4 is 0 Å². The van der Waals surface area contributed by atoms with Gasteiger partial charge in [-0.25, -0.2) is 0 Å². The van der Waals surface area contributed by atoms with Crippen LogP contribution in [0.15, 0.2) is 42.5 Å². The van der Waals surface area contributed by atoms with Crippen molar-refractivity contribution in [2.75, 3.05) is 0 Å². The van der Waals surface area contributed by atoms with Crippen molar-refractivity contribution in [2.45, 2.75) is 38.8 Å². The second kappa shape index (κ2) is 5.68. The lowest BCUT2D eigenvalue weighted by Gasteiger charge is -2.26. The summed E-state index contributed by atoms with van der Waals surface area (Å²) in [4.78, 5) is 0. The number of aryl methyl sites for hydroxylation is 2. The van der Waals surface area contributed by atoms with Crippen LogP contribution < -0.4 is 5.32 Å². The first-order valence-corrected chi connectivity index (χ1v) is 7.34. The molecule has 0 fully saturated rings. The lowest BCUT2D eigenvalue weighted by atomic mass is 9.87. The topological polar surface area (TPSA) is 32.3 Å². The van der Waals surface area contributed by atoms with Gasteiger partial charge in [0.05, 0.1) is 0 Å². The molecule has 104 valence electrons. The zero-order valence-corrected chi connectivity index (χ0v) is 11.9. The van der Waals surface area contributed by atoms with Gasteiger partial charge in [0.25, 0.3) is 0 Å². The monoisotopic (exact) mass is 267 g/mol. The molecule has 2 heteroatoms. The average Bonchev–Trinajstić information content (AvgIpc) is 2.48. The van der Waals surface area contributed by atoms with Gasteiger partial charge in [-0.2, -0.15) is 0 Å². The Labute approximate surface area is 120 Å². The van der Waals surface area contributed by atoms with Gasteiger partial charge in [-0.3, -0.25) is 0 Å². The minimum atomic E-state index is 0.382. The third kappa shape index (κ3) is 2.70. The number of nitrogens with one attached hydrogen (secondary N) is 1. The summed E-state index contributed by atoms with van der Waals surface area (Å²) in [6.07, 6.45) is 3.59. The largest absolute Gasteiger partial charge is 0.508 e. The molecule has 1 unspecified atom stereocenters. The lowest BCUT2D eigenvalue weighted by Crippen LogP contribution is -2.24. The molecule has 0 bridgehead atoms. The van der Waals surface area contributed by atoms with E-state index >= 15 is 0 Å². The maximum Gasteiger partial charge on any atom is 0.120 e. The molecule has 2 aromatic rings. The number of phenols is 1. The normalized spacial score (nSPS) is 17.8. The SMILES string of the molecule is Cc1ccc(O)c(CNC2CCCc3ccccc32)c1. The molecule has 1 atom stereocenters. The maximum absolute atomic E-state index is 9.92. The molecule has 0 spiro atoms. The number of phenolic OH excluding ortho intramolecular Hbond substituents is 1. The van der Waals surface area contributed by atoms with E-state index in [2.05, 4.69) is 42.6 Å². The molecule has 2 N–H and O–H groups in total. The summed E-state index contributed by atoms with van der Waals surface area (Å²) < 4.78 is 0. The zero-order valence-electron chi connectivity index (χ0n) is 11.9. The van der Waals surface area contributed by atoms with Crippen LogP contribution in [0.3, 0.4) is 0 Å². The summed E-state index contributed by atoms with van der Waals surface area (Å²) in [6, 6.07) is 14.9. The highest BCUT2D eigenvalue weighted by atomic mass is 16.3. The van der Waals surface area contributed by atoms with E-state index < -0.39 is 0 Å². The molecule has 0 radical (unpaired) electrons. The first-order valence-electron chi connectivity index (χ1n) is 7.34. The predicted molar refractivity (Wildman–Crippen MR) is 81.8 cm³/mol. The van der Waals surface area contributed by atoms with Crippen LogP contribution in [0.4, 0.5) is 0 Å². The van der Waals surface area contributed by atoms with Crippen LogP contribution in [0, 0.1) is 6.92 Å². The zero-order chi connectivity index (χ0) is 13.9. The fourth-order valence-corrected chi connectivity index (χ4v) is 3.06. The summed E-state index contributed by atoms with van der Waals surface area (Å²) in [7, 11) is 0. The van der Waals surface area contributed by atoms with Crippen LogP contribution in [0.25, 0.3) is 0 Å². The van der Waals surface area contributed by atoms with E-state index in [1.54, 1.807) is 6.07 Å². The maximum atomic E-state index is 9.92. The third-order valence-electron chi connectivity index (χ3n) is 4.14. The molecule has 1 aliphatic carbocycles. The Morgan fingerprint density at radius 2 is 2.05 bits per heavy atom. The van der Waals surface area contributed by atoms with Gasteiger partial charge in [0.1, 0.15) is 5.75 Å². The highest BCUT2D eigenvalue weighted by Gasteiger charge is 2.19. The number of aromatic hydroxyl groups is 1. The summed E-state index contributed by atoms with van der Waals surface area (Å²) in [5.41, 5.74) is 5.05. The molecule has 0 saturated carbocycles. The van der Waals surface area contributed by atoms with Crippen molar-refractivity contribution < 1.29 is 5.11 Å². The molecule has 3 rings (SSSR count). The van der Waals surface area contributed by atoms with Gasteiger partial charge >= 0.3 is 0 Å². The van der Waals surface area contributed by atoms with Gasteiger partial charge in [-0.05, 0) is 43.4 Å². The molecule has 0 saturated heterocycles. The number of rotatable bonds is 3. The van der Waals surface area contributed by atoms with Crippen LogP contribution in [-0.4, -0.2) is 5.11 Å². The molecular weight excluding hydrogens is 246 g/mol. The minimum absolute atomic E-state index is 0.382. The van der Waals surface area contributed by atoms with Crippen molar-refractivity contribution in [1.29, 1.82) is 0 Å². The van der Waals surface area contributed by atoms with Crippen molar-refractivity contribution in [2.24, 2.45) is 0 Å². The highest BCUT2D eigenvalue weighted by Crippen LogP contribution is 2.30. The second-order valence-corrected chi connectivity index (χ2v) is 5.66. The first kappa shape index (κ1) is 13.2. The van der Waals surface area contributed by atoms with Crippen LogP contribution in [0.2, 0.25) is 0 Å². The fraction of sp³-hybridized carbons (Fsp3) is 0.333. The summed E-state index contributed by atoms with van der Waals surface area (Å²) in [6.45, 7) is 2.77. The van der Waals surface area contributed by atoms with Crippen LogP contribution in [-0.2, 0) is 13.0 Å². The van der Waals surface area contributed by atoms with Crippen LogP contribution >= 0.6 is 0 Å². The lowest BCUT2D eigenvalue weighted by molar-refractivity contribution is 0.437. The molecule has 0 aromatic heterocycles. The Bertz CT molecular complexity index is 606. The second-order valence-electron chi connectivity index (χ2n) is 5.66. The van der Waals surface area contributed by atoms with Gasteiger partial charge in [0.2, 0.25) is 0 Å². The van der Waals surface area contributed by atoms with Gasteiger partial charge in [0.15, 0.2) is 0 Å². The molecule has 0 amide bonds. The molecule has 0 heterocycles. The van der Waals surface area contributed by atoms with Crippen LogP contribution in [0.1, 0.15) is 41.1 Å². The highest BCUT2D eigenvalue weighted by molar-refractivity contribution is 5.36. The molecule has 2 nitrogen and oxygen atoms in total. The average molecular weight is 267 g/mol. The Balaban J connectivity index is 1.75. The van der Waals surface area contributed by atoms with Crippen LogP contribution in [0.5, 0.6) is 5.75 Å². The van der Waals surface area contributed by atoms with Crippen molar-refractivity contribution in [3.05, 3.63) is 64.7 Å². The quantitative estimate of drug-likeness (QED) is 0.885. The van der Waals surface area contributed by atoms with Crippen molar-refractivity contribution in [3.8, 4) is 5.75 Å². The van der Waals surface area contributed by atoms with E-state index in [1.807, 2.05) is 6.07 Å². The van der Waals surface area contributed by atoms with Gasteiger partial charge in [-0.15, -0.1) is 0 Å². The smallest absolute Gasteiger partial charge is 0.120 e. The van der Waals surface area contributed by atoms with E-state index in [4.69, 9.17) is 0 Å². The summed E-state index contributed by atoms with van der Waals surface area (Å²) >= 11 is 0. The third-order valence-corrected chi connectivity index (χ3v) is 4.14. The minimum Gasteiger partial charge on any atom is -0.508 e. The Hall–Kier alpha value is -1.80. The van der Waals surface area contributed by atoms with E-state index in [0.29, 0.717) is 18.3 Å². The van der Waals surface area contributed by atoms with E-state index in [-0.39, 0.29) is 0 Å². The van der Waals surface area contributed by atoms with E-state index in [1.165, 1.54) is 36.0 Å². The molecular formula is C18H21NO. The number of hydrogen-bond acceptors (Lipinski definition) is 2. The summed E-state index contributed by atoms with van der Waals surface area (Å²) in [5, 5.41) is 13.5. The Morgan fingerprint density at radius 3 is 2.95 bits per heavy atom. The first-order chi connectivity index (χ1) is 9.74. The number of hydrogen-bond donors (Lipinski definition) is 2. The number of fused-ring (bicyclic) bond motifs is 1. The predicted octanol–water partition coefficient (Wildman–Crippen LogP) is 3.87.